The monoisotopic (exact) mass is 243 g/mol. The average molecular weight is 244 g/mol. The Balaban J connectivity index is 2.48. The van der Waals surface area contributed by atoms with Gasteiger partial charge in [-0.1, -0.05) is 30.3 Å². The van der Waals surface area contributed by atoms with E-state index in [4.69, 9.17) is 11.6 Å². The number of benzene rings is 1. The molecular formula is C11H14ClNO3. The highest BCUT2D eigenvalue weighted by Crippen LogP contribution is 2.15. The second-order valence-electron chi connectivity index (χ2n) is 3.36. The Morgan fingerprint density at radius 2 is 1.94 bits per heavy atom. The molecule has 4 nitrogen and oxygen atoms in total. The molecule has 0 saturated heterocycles. The third kappa shape index (κ3) is 3.81. The molecule has 0 radical (unpaired) electrons. The zero-order chi connectivity index (χ0) is 12.0. The quantitative estimate of drug-likeness (QED) is 0.657. The molecule has 0 aliphatic rings. The molecule has 0 heterocycles. The predicted octanol–water partition coefficient (Wildman–Crippen LogP) is 0.436. The number of halogens is 1. The number of rotatable bonds is 5. The smallest absolute Gasteiger partial charge is 0.235 e. The van der Waals surface area contributed by atoms with Crippen LogP contribution in [0.3, 0.4) is 0 Å². The molecule has 0 aliphatic carbocycles. The fourth-order valence-electron chi connectivity index (χ4n) is 1.25. The van der Waals surface area contributed by atoms with E-state index in [0.29, 0.717) is 5.56 Å². The van der Waals surface area contributed by atoms with Gasteiger partial charge in [-0.2, -0.15) is 0 Å². The van der Waals surface area contributed by atoms with E-state index < -0.39 is 12.2 Å². The summed E-state index contributed by atoms with van der Waals surface area (Å²) in [7, 11) is 0. The first kappa shape index (κ1) is 13.0. The van der Waals surface area contributed by atoms with E-state index in [1.807, 2.05) is 6.07 Å². The number of nitrogens with one attached hydrogen (secondary N) is 1. The maximum absolute atomic E-state index is 10.8. The molecule has 88 valence electrons. The molecule has 1 rings (SSSR count). The highest BCUT2D eigenvalue weighted by molar-refractivity contribution is 6.27. The summed E-state index contributed by atoms with van der Waals surface area (Å²) in [4.78, 5) is 10.8. The van der Waals surface area contributed by atoms with Gasteiger partial charge in [0.2, 0.25) is 5.91 Å². The summed E-state index contributed by atoms with van der Waals surface area (Å²) in [5.41, 5.74) is 0.607. The molecule has 16 heavy (non-hydrogen) atoms. The van der Waals surface area contributed by atoms with E-state index in [0.717, 1.165) is 0 Å². The number of alkyl halides is 1. The van der Waals surface area contributed by atoms with Gasteiger partial charge in [0.05, 0.1) is 0 Å². The second kappa shape index (κ2) is 6.48. The Morgan fingerprint density at radius 3 is 2.50 bits per heavy atom. The van der Waals surface area contributed by atoms with Gasteiger partial charge < -0.3 is 15.5 Å². The third-order valence-corrected chi connectivity index (χ3v) is 2.38. The van der Waals surface area contributed by atoms with Crippen LogP contribution in [0.1, 0.15) is 11.7 Å². The first-order valence-corrected chi connectivity index (χ1v) is 5.42. The molecule has 0 saturated carbocycles. The van der Waals surface area contributed by atoms with Gasteiger partial charge in [0.1, 0.15) is 18.1 Å². The van der Waals surface area contributed by atoms with Crippen LogP contribution in [0.5, 0.6) is 0 Å². The molecule has 1 aromatic rings. The van der Waals surface area contributed by atoms with E-state index in [-0.39, 0.29) is 18.3 Å². The predicted molar refractivity (Wildman–Crippen MR) is 61.1 cm³/mol. The van der Waals surface area contributed by atoms with Crippen molar-refractivity contribution in [2.45, 2.75) is 12.2 Å². The fraction of sp³-hybridized carbons (Fsp3) is 0.364. The van der Waals surface area contributed by atoms with E-state index in [2.05, 4.69) is 5.32 Å². The van der Waals surface area contributed by atoms with Crippen molar-refractivity contribution >= 4 is 17.5 Å². The van der Waals surface area contributed by atoms with Crippen LogP contribution >= 0.6 is 11.6 Å². The zero-order valence-electron chi connectivity index (χ0n) is 8.64. The van der Waals surface area contributed by atoms with Crippen molar-refractivity contribution in [1.82, 2.24) is 5.32 Å². The Bertz CT molecular complexity index is 331. The van der Waals surface area contributed by atoms with Gasteiger partial charge in [0, 0.05) is 6.54 Å². The minimum atomic E-state index is -1.05. The van der Waals surface area contributed by atoms with Crippen molar-refractivity contribution in [3.05, 3.63) is 35.9 Å². The molecule has 0 aromatic heterocycles. The number of carbonyl (C=O) groups excluding carboxylic acids is 1. The Hall–Kier alpha value is -1.10. The minimum Gasteiger partial charge on any atom is -0.388 e. The molecule has 0 unspecified atom stereocenters. The van der Waals surface area contributed by atoms with Gasteiger partial charge in [-0.3, -0.25) is 4.79 Å². The van der Waals surface area contributed by atoms with Crippen LogP contribution in [0.4, 0.5) is 0 Å². The molecule has 0 bridgehead atoms. The van der Waals surface area contributed by atoms with Crippen LogP contribution in [0.2, 0.25) is 0 Å². The van der Waals surface area contributed by atoms with Crippen molar-refractivity contribution in [2.24, 2.45) is 0 Å². The van der Waals surface area contributed by atoms with Crippen LogP contribution in [0.15, 0.2) is 30.3 Å². The molecule has 5 heteroatoms. The van der Waals surface area contributed by atoms with Gasteiger partial charge in [0.25, 0.3) is 0 Å². The highest BCUT2D eigenvalue weighted by atomic mass is 35.5. The van der Waals surface area contributed by atoms with Gasteiger partial charge in [-0.15, -0.1) is 11.6 Å². The summed E-state index contributed by atoms with van der Waals surface area (Å²) >= 11 is 5.28. The van der Waals surface area contributed by atoms with Crippen molar-refractivity contribution in [1.29, 1.82) is 0 Å². The fourth-order valence-corrected chi connectivity index (χ4v) is 1.34. The number of hydrogen-bond donors (Lipinski definition) is 3. The summed E-state index contributed by atoms with van der Waals surface area (Å²) in [6.07, 6.45) is -2.06. The van der Waals surface area contributed by atoms with E-state index in [1.54, 1.807) is 24.3 Å². The number of amides is 1. The molecule has 1 aromatic carbocycles. The molecular weight excluding hydrogens is 230 g/mol. The largest absolute Gasteiger partial charge is 0.388 e. The summed E-state index contributed by atoms with van der Waals surface area (Å²) in [6.45, 7) is -0.0262. The maximum atomic E-state index is 10.8. The molecule has 3 N–H and O–H groups in total. The SMILES string of the molecule is O=C(CCl)NC[C@H](O)[C@H](O)c1ccccc1. The maximum Gasteiger partial charge on any atom is 0.235 e. The van der Waals surface area contributed by atoms with Crippen molar-refractivity contribution in [3.63, 3.8) is 0 Å². The first-order valence-electron chi connectivity index (χ1n) is 4.89. The lowest BCUT2D eigenvalue weighted by atomic mass is 10.0. The normalized spacial score (nSPS) is 14.2. The number of carbonyl (C=O) groups is 1. The van der Waals surface area contributed by atoms with E-state index in [9.17, 15) is 15.0 Å². The summed E-state index contributed by atoms with van der Waals surface area (Å²) in [6, 6.07) is 8.76. The summed E-state index contributed by atoms with van der Waals surface area (Å²) in [5.74, 6) is -0.533. The van der Waals surface area contributed by atoms with Crippen LogP contribution < -0.4 is 5.32 Å². The van der Waals surface area contributed by atoms with Crippen molar-refractivity contribution < 1.29 is 15.0 Å². The van der Waals surface area contributed by atoms with Gasteiger partial charge in [0.15, 0.2) is 0 Å². The Labute approximate surface area is 98.9 Å². The Kier molecular flexibility index (Phi) is 5.25. The topological polar surface area (TPSA) is 69.6 Å². The molecule has 0 aliphatic heterocycles. The van der Waals surface area contributed by atoms with E-state index >= 15 is 0 Å². The number of aliphatic hydroxyl groups is 2. The molecule has 0 fully saturated rings. The molecule has 2 atom stereocenters. The highest BCUT2D eigenvalue weighted by Gasteiger charge is 2.18. The minimum absolute atomic E-state index is 0.0262. The molecule has 0 spiro atoms. The van der Waals surface area contributed by atoms with Gasteiger partial charge in [-0.05, 0) is 5.56 Å². The third-order valence-electron chi connectivity index (χ3n) is 2.14. The zero-order valence-corrected chi connectivity index (χ0v) is 9.39. The lowest BCUT2D eigenvalue weighted by molar-refractivity contribution is -0.119. The van der Waals surface area contributed by atoms with Crippen LogP contribution in [-0.2, 0) is 4.79 Å². The van der Waals surface area contributed by atoms with Crippen LogP contribution in [0, 0.1) is 0 Å². The summed E-state index contributed by atoms with van der Waals surface area (Å²) < 4.78 is 0. The summed E-state index contributed by atoms with van der Waals surface area (Å²) in [5, 5.41) is 21.7. The standard InChI is InChI=1S/C11H14ClNO3/c12-6-10(15)13-7-9(14)11(16)8-4-2-1-3-5-8/h1-5,9,11,14,16H,6-7H2,(H,13,15)/t9-,11+/m0/s1. The van der Waals surface area contributed by atoms with Crippen LogP contribution in [0.25, 0.3) is 0 Å². The molecule has 1 amide bonds. The average Bonchev–Trinajstić information content (AvgIpc) is 2.35. The lowest BCUT2D eigenvalue weighted by Gasteiger charge is -2.18. The number of aliphatic hydroxyl groups excluding tert-OH is 2. The van der Waals surface area contributed by atoms with Gasteiger partial charge in [-0.25, -0.2) is 0 Å². The van der Waals surface area contributed by atoms with Crippen molar-refractivity contribution in [3.8, 4) is 0 Å². The number of hydrogen-bond acceptors (Lipinski definition) is 3. The Morgan fingerprint density at radius 1 is 1.31 bits per heavy atom. The lowest BCUT2D eigenvalue weighted by Crippen LogP contribution is -2.36. The second-order valence-corrected chi connectivity index (χ2v) is 3.63. The van der Waals surface area contributed by atoms with Crippen molar-refractivity contribution in [2.75, 3.05) is 12.4 Å². The van der Waals surface area contributed by atoms with Gasteiger partial charge >= 0.3 is 0 Å². The first-order chi connectivity index (χ1) is 7.65. The van der Waals surface area contributed by atoms with Crippen LogP contribution in [-0.4, -0.2) is 34.6 Å². The van der Waals surface area contributed by atoms with E-state index in [1.165, 1.54) is 0 Å².